The van der Waals surface area contributed by atoms with Crippen LogP contribution in [0.1, 0.15) is 23.6 Å². The molecule has 1 amide bonds. The molecule has 2 aromatic rings. The second-order valence-electron chi connectivity index (χ2n) is 6.42. The molecule has 2 N–H and O–H groups in total. The number of carbonyl (C=O) groups excluding carboxylic acids is 1. The molecule has 0 bridgehead atoms. The molecule has 0 spiro atoms. The Morgan fingerprint density at radius 1 is 1.14 bits per heavy atom. The summed E-state index contributed by atoms with van der Waals surface area (Å²) in [6.07, 6.45) is -2.48. The van der Waals surface area contributed by atoms with Crippen LogP contribution in [0.4, 0.5) is 26.3 Å². The fourth-order valence-electron chi connectivity index (χ4n) is 2.87. The van der Waals surface area contributed by atoms with Crippen molar-refractivity contribution in [2.75, 3.05) is 6.54 Å². The summed E-state index contributed by atoms with van der Waals surface area (Å²) in [6.45, 7) is -0.259. The summed E-state index contributed by atoms with van der Waals surface area (Å²) in [4.78, 5) is 13.6. The van der Waals surface area contributed by atoms with Gasteiger partial charge in [-0.15, -0.1) is 10.2 Å². The highest BCUT2D eigenvalue weighted by atomic mass is 19.4. The lowest BCUT2D eigenvalue weighted by atomic mass is 10.1. The lowest BCUT2D eigenvalue weighted by Gasteiger charge is -2.28. The number of alkyl halides is 3. The first-order valence-electron chi connectivity index (χ1n) is 8.41. The summed E-state index contributed by atoms with van der Waals surface area (Å²) in [7, 11) is 0. The number of benzene rings is 1. The highest BCUT2D eigenvalue weighted by molar-refractivity contribution is 5.77. The molecule has 3 rings (SSSR count). The zero-order valence-electron chi connectivity index (χ0n) is 14.8. The Morgan fingerprint density at radius 3 is 2.52 bits per heavy atom. The molecule has 1 aliphatic heterocycles. The average Bonchev–Trinajstić information content (AvgIpc) is 3.07. The fourth-order valence-corrected chi connectivity index (χ4v) is 2.87. The van der Waals surface area contributed by atoms with Gasteiger partial charge in [0.15, 0.2) is 17.5 Å². The van der Waals surface area contributed by atoms with Crippen LogP contribution < -0.4 is 5.73 Å². The summed E-state index contributed by atoms with van der Waals surface area (Å²) in [5.41, 5.74) is 5.56. The first-order valence-corrected chi connectivity index (χ1v) is 8.41. The molecule has 0 radical (unpaired) electrons. The smallest absolute Gasteiger partial charge is 0.333 e. The lowest BCUT2D eigenvalue weighted by molar-refractivity contribution is -0.148. The van der Waals surface area contributed by atoms with Gasteiger partial charge in [-0.2, -0.15) is 13.2 Å². The Labute approximate surface area is 160 Å². The Bertz CT molecular complexity index is 955. The largest absolute Gasteiger partial charge is 0.451 e. The van der Waals surface area contributed by atoms with Gasteiger partial charge in [-0.05, 0) is 6.07 Å². The van der Waals surface area contributed by atoms with Gasteiger partial charge in [0.05, 0.1) is 6.54 Å². The number of hydrogen-bond acceptors (Lipinski definition) is 4. The van der Waals surface area contributed by atoms with Crippen molar-refractivity contribution in [2.24, 2.45) is 5.73 Å². The van der Waals surface area contributed by atoms with Gasteiger partial charge >= 0.3 is 6.18 Å². The number of rotatable bonds is 4. The van der Waals surface area contributed by atoms with Crippen molar-refractivity contribution >= 4 is 12.0 Å². The van der Waals surface area contributed by atoms with E-state index < -0.39 is 41.4 Å². The number of fused-ring (bicyclic) bond motifs is 1. The van der Waals surface area contributed by atoms with Crippen molar-refractivity contribution in [1.82, 2.24) is 19.7 Å². The standard InChI is InChI=1S/C17H15F6N5O/c18-11-7-13(20)12(19)5-9(11)1-2-10(24)6-15(29)27-3-4-28-14(8-27)25-26-16(28)17(21,22)23/h1-2,5,7,10H,3-4,6,8,24H2/b2-1+/t10-/m1/s1. The minimum atomic E-state index is -4.64. The van der Waals surface area contributed by atoms with E-state index in [0.717, 1.165) is 10.6 Å². The molecule has 1 aromatic heterocycles. The number of nitrogens with two attached hydrogens (primary N) is 1. The third-order valence-electron chi connectivity index (χ3n) is 4.33. The number of halogens is 6. The van der Waals surface area contributed by atoms with E-state index >= 15 is 0 Å². The van der Waals surface area contributed by atoms with E-state index in [0.29, 0.717) is 12.1 Å². The van der Waals surface area contributed by atoms with Crippen molar-refractivity contribution in [3.8, 4) is 0 Å². The van der Waals surface area contributed by atoms with Crippen molar-refractivity contribution in [3.63, 3.8) is 0 Å². The summed E-state index contributed by atoms with van der Waals surface area (Å²) < 4.78 is 79.1. The SMILES string of the molecule is N[C@H](/C=C/c1cc(F)c(F)cc1F)CC(=O)N1CCn2c(nnc2C(F)(F)F)C1. The molecule has 2 heterocycles. The van der Waals surface area contributed by atoms with E-state index in [9.17, 15) is 31.1 Å². The van der Waals surface area contributed by atoms with Crippen LogP contribution in [0.25, 0.3) is 6.08 Å². The Balaban J connectivity index is 1.62. The molecular weight excluding hydrogens is 404 g/mol. The van der Waals surface area contributed by atoms with Gasteiger partial charge in [-0.25, -0.2) is 13.2 Å². The second kappa shape index (κ2) is 7.85. The lowest BCUT2D eigenvalue weighted by Crippen LogP contribution is -2.41. The van der Waals surface area contributed by atoms with Crippen molar-refractivity contribution in [3.05, 3.63) is 52.9 Å². The molecule has 0 saturated carbocycles. The number of aromatic nitrogens is 3. The van der Waals surface area contributed by atoms with Gasteiger partial charge in [0.2, 0.25) is 11.7 Å². The number of carbonyl (C=O) groups is 1. The Hall–Kier alpha value is -2.89. The van der Waals surface area contributed by atoms with Crippen molar-refractivity contribution < 1.29 is 31.1 Å². The fraction of sp³-hybridized carbons (Fsp3) is 0.353. The highest BCUT2D eigenvalue weighted by Gasteiger charge is 2.39. The third-order valence-corrected chi connectivity index (χ3v) is 4.33. The molecule has 1 aromatic carbocycles. The number of hydrogen-bond donors (Lipinski definition) is 1. The van der Waals surface area contributed by atoms with Crippen LogP contribution >= 0.6 is 0 Å². The van der Waals surface area contributed by atoms with Gasteiger partial charge in [-0.3, -0.25) is 4.79 Å². The van der Waals surface area contributed by atoms with E-state index in [4.69, 9.17) is 5.73 Å². The highest BCUT2D eigenvalue weighted by Crippen LogP contribution is 2.29. The minimum Gasteiger partial charge on any atom is -0.333 e. The molecule has 1 aliphatic rings. The maximum absolute atomic E-state index is 13.6. The zero-order chi connectivity index (χ0) is 21.3. The van der Waals surface area contributed by atoms with Crippen LogP contribution in [0.2, 0.25) is 0 Å². The Kier molecular flexibility index (Phi) is 5.64. The molecule has 0 aliphatic carbocycles. The summed E-state index contributed by atoms with van der Waals surface area (Å²) in [5, 5.41) is 6.61. The van der Waals surface area contributed by atoms with E-state index in [1.807, 2.05) is 0 Å². The molecular formula is C17H15F6N5O. The van der Waals surface area contributed by atoms with Crippen LogP contribution in [0, 0.1) is 17.5 Å². The predicted octanol–water partition coefficient (Wildman–Crippen LogP) is 2.49. The molecule has 1 atom stereocenters. The van der Waals surface area contributed by atoms with Gasteiger partial charge in [0, 0.05) is 37.2 Å². The Morgan fingerprint density at radius 2 is 1.83 bits per heavy atom. The van der Waals surface area contributed by atoms with E-state index in [-0.39, 0.29) is 37.4 Å². The van der Waals surface area contributed by atoms with E-state index in [1.54, 1.807) is 0 Å². The van der Waals surface area contributed by atoms with Gasteiger partial charge in [0.25, 0.3) is 0 Å². The van der Waals surface area contributed by atoms with E-state index in [1.165, 1.54) is 11.0 Å². The predicted molar refractivity (Wildman–Crippen MR) is 88.4 cm³/mol. The van der Waals surface area contributed by atoms with Crippen LogP contribution in [0.3, 0.4) is 0 Å². The molecule has 29 heavy (non-hydrogen) atoms. The average molecular weight is 419 g/mol. The molecule has 0 fully saturated rings. The number of amides is 1. The first-order chi connectivity index (χ1) is 13.6. The minimum absolute atomic E-state index is 0.00453. The van der Waals surface area contributed by atoms with Crippen molar-refractivity contribution in [1.29, 1.82) is 0 Å². The van der Waals surface area contributed by atoms with Crippen molar-refractivity contribution in [2.45, 2.75) is 31.7 Å². The monoisotopic (exact) mass is 419 g/mol. The molecule has 12 heteroatoms. The van der Waals surface area contributed by atoms with Crippen LogP contribution in [0.15, 0.2) is 18.2 Å². The first kappa shape index (κ1) is 20.8. The van der Waals surface area contributed by atoms with Gasteiger partial charge in [0.1, 0.15) is 5.82 Å². The zero-order valence-corrected chi connectivity index (χ0v) is 14.8. The molecule has 6 nitrogen and oxygen atoms in total. The number of nitrogens with zero attached hydrogens (tertiary/aromatic N) is 4. The molecule has 0 saturated heterocycles. The quantitative estimate of drug-likeness (QED) is 0.610. The topological polar surface area (TPSA) is 77.0 Å². The maximum Gasteiger partial charge on any atom is 0.451 e. The second-order valence-corrected chi connectivity index (χ2v) is 6.42. The summed E-state index contributed by atoms with van der Waals surface area (Å²) >= 11 is 0. The van der Waals surface area contributed by atoms with E-state index in [2.05, 4.69) is 10.2 Å². The molecule has 0 unspecified atom stereocenters. The van der Waals surface area contributed by atoms with Crippen LogP contribution in [0.5, 0.6) is 0 Å². The summed E-state index contributed by atoms with van der Waals surface area (Å²) in [5.74, 6) is -5.11. The maximum atomic E-state index is 13.6. The van der Waals surface area contributed by atoms with Crippen LogP contribution in [-0.2, 0) is 24.1 Å². The van der Waals surface area contributed by atoms with Crippen LogP contribution in [-0.4, -0.2) is 38.2 Å². The third kappa shape index (κ3) is 4.58. The summed E-state index contributed by atoms with van der Waals surface area (Å²) in [6, 6.07) is 0.177. The molecule has 156 valence electrons. The normalized spacial score (nSPS) is 15.6. The van der Waals surface area contributed by atoms with Gasteiger partial charge in [-0.1, -0.05) is 12.2 Å². The van der Waals surface area contributed by atoms with Gasteiger partial charge < -0.3 is 15.2 Å².